The molecule has 4 N–H and O–H groups in total. The normalized spacial score (nSPS) is 10.5. The van der Waals surface area contributed by atoms with Crippen molar-refractivity contribution in [1.82, 2.24) is 9.97 Å². The van der Waals surface area contributed by atoms with E-state index >= 15 is 0 Å². The van der Waals surface area contributed by atoms with Crippen molar-refractivity contribution in [2.45, 2.75) is 6.54 Å². The van der Waals surface area contributed by atoms with Gasteiger partial charge in [-0.2, -0.15) is 0 Å². The molecule has 0 aliphatic heterocycles. The lowest BCUT2D eigenvalue weighted by atomic mass is 10.2. The van der Waals surface area contributed by atoms with Gasteiger partial charge in [0.05, 0.1) is 10.0 Å². The van der Waals surface area contributed by atoms with Crippen molar-refractivity contribution in [3.8, 4) is 11.4 Å². The standard InChI is InChI=1S/C11H10Cl2N4/c12-8-2-1-6(3-9(8)13)11-16-5-7(4-14)10(15)17-11/h1-3,5H,4,14H2,(H2,15,16,17). The number of anilines is 1. The number of benzene rings is 1. The third kappa shape index (κ3) is 2.49. The lowest BCUT2D eigenvalue weighted by molar-refractivity contribution is 1.02. The van der Waals surface area contributed by atoms with E-state index in [1.54, 1.807) is 24.4 Å². The van der Waals surface area contributed by atoms with Crippen LogP contribution in [-0.2, 0) is 6.54 Å². The van der Waals surface area contributed by atoms with Crippen LogP contribution in [0.25, 0.3) is 11.4 Å². The van der Waals surface area contributed by atoms with Crippen molar-refractivity contribution in [2.24, 2.45) is 5.73 Å². The molecule has 0 radical (unpaired) electrons. The Hall–Kier alpha value is -1.36. The van der Waals surface area contributed by atoms with Crippen molar-refractivity contribution in [3.05, 3.63) is 40.0 Å². The van der Waals surface area contributed by atoms with Crippen molar-refractivity contribution >= 4 is 29.0 Å². The highest BCUT2D eigenvalue weighted by Gasteiger charge is 2.07. The number of hydrogen-bond donors (Lipinski definition) is 2. The van der Waals surface area contributed by atoms with Crippen molar-refractivity contribution in [2.75, 3.05) is 5.73 Å². The van der Waals surface area contributed by atoms with Crippen molar-refractivity contribution < 1.29 is 0 Å². The number of aromatic nitrogens is 2. The summed E-state index contributed by atoms with van der Waals surface area (Å²) in [6, 6.07) is 5.17. The summed E-state index contributed by atoms with van der Waals surface area (Å²) in [5, 5.41) is 0.941. The maximum Gasteiger partial charge on any atom is 0.161 e. The van der Waals surface area contributed by atoms with Crippen LogP contribution in [-0.4, -0.2) is 9.97 Å². The fraction of sp³-hybridized carbons (Fsp3) is 0.0909. The Morgan fingerprint density at radius 1 is 1.18 bits per heavy atom. The molecule has 0 spiro atoms. The summed E-state index contributed by atoms with van der Waals surface area (Å²) in [5.74, 6) is 0.877. The van der Waals surface area contributed by atoms with Gasteiger partial charge in [-0.15, -0.1) is 0 Å². The average molecular weight is 269 g/mol. The minimum atomic E-state index is 0.313. The minimum absolute atomic E-state index is 0.313. The number of hydrogen-bond acceptors (Lipinski definition) is 4. The van der Waals surface area contributed by atoms with Gasteiger partial charge in [-0.3, -0.25) is 0 Å². The summed E-state index contributed by atoms with van der Waals surface area (Å²) >= 11 is 11.8. The monoisotopic (exact) mass is 268 g/mol. The van der Waals surface area contributed by atoms with Gasteiger partial charge in [-0.25, -0.2) is 9.97 Å². The quantitative estimate of drug-likeness (QED) is 0.877. The first-order valence-electron chi connectivity index (χ1n) is 4.88. The first-order valence-corrected chi connectivity index (χ1v) is 5.64. The van der Waals surface area contributed by atoms with Gasteiger partial charge in [-0.1, -0.05) is 23.2 Å². The molecule has 0 saturated heterocycles. The van der Waals surface area contributed by atoms with E-state index < -0.39 is 0 Å². The predicted molar refractivity (Wildman–Crippen MR) is 69.8 cm³/mol. The largest absolute Gasteiger partial charge is 0.383 e. The average Bonchev–Trinajstić information content (AvgIpc) is 2.32. The topological polar surface area (TPSA) is 77.8 Å². The molecule has 0 unspecified atom stereocenters. The van der Waals surface area contributed by atoms with E-state index in [1.807, 2.05) is 0 Å². The predicted octanol–water partition coefficient (Wildman–Crippen LogP) is 2.49. The Bertz CT molecular complexity index is 557. The Labute approximate surface area is 109 Å². The van der Waals surface area contributed by atoms with Crippen molar-refractivity contribution in [1.29, 1.82) is 0 Å². The van der Waals surface area contributed by atoms with E-state index in [1.165, 1.54) is 0 Å². The van der Waals surface area contributed by atoms with Crippen molar-refractivity contribution in [3.63, 3.8) is 0 Å². The maximum atomic E-state index is 5.92. The van der Waals surface area contributed by atoms with Gasteiger partial charge in [0, 0.05) is 23.9 Å². The van der Waals surface area contributed by atoms with E-state index in [2.05, 4.69) is 9.97 Å². The lowest BCUT2D eigenvalue weighted by Gasteiger charge is -2.05. The summed E-state index contributed by atoms with van der Waals surface area (Å²) in [6.07, 6.45) is 1.61. The molecule has 2 rings (SSSR count). The van der Waals surface area contributed by atoms with Gasteiger partial charge in [-0.05, 0) is 18.2 Å². The van der Waals surface area contributed by atoms with Gasteiger partial charge >= 0.3 is 0 Å². The van der Waals surface area contributed by atoms with E-state index in [9.17, 15) is 0 Å². The molecule has 4 nitrogen and oxygen atoms in total. The van der Waals surface area contributed by atoms with Crippen LogP contribution < -0.4 is 11.5 Å². The molecule has 6 heteroatoms. The molecule has 0 aliphatic carbocycles. The Balaban J connectivity index is 2.46. The zero-order valence-corrected chi connectivity index (χ0v) is 10.3. The summed E-state index contributed by atoms with van der Waals surface area (Å²) in [4.78, 5) is 8.35. The molecule has 2 aromatic rings. The molecule has 0 saturated carbocycles. The zero-order valence-electron chi connectivity index (χ0n) is 8.82. The first-order chi connectivity index (χ1) is 8.11. The Morgan fingerprint density at radius 2 is 1.94 bits per heavy atom. The highest BCUT2D eigenvalue weighted by molar-refractivity contribution is 6.42. The summed E-state index contributed by atoms with van der Waals surface area (Å²) in [7, 11) is 0. The molecule has 17 heavy (non-hydrogen) atoms. The number of nitrogens with two attached hydrogens (primary N) is 2. The number of nitrogens with zero attached hydrogens (tertiary/aromatic N) is 2. The molecule has 0 atom stereocenters. The van der Waals surface area contributed by atoms with Gasteiger partial charge < -0.3 is 11.5 Å². The summed E-state index contributed by atoms with van der Waals surface area (Å²) in [6.45, 7) is 0.313. The van der Waals surface area contributed by atoms with E-state index in [-0.39, 0.29) is 0 Å². The zero-order chi connectivity index (χ0) is 12.4. The number of nitrogen functional groups attached to an aromatic ring is 1. The van der Waals surface area contributed by atoms with Crippen LogP contribution in [0, 0.1) is 0 Å². The molecule has 1 heterocycles. The maximum absolute atomic E-state index is 5.92. The third-order valence-corrected chi connectivity index (χ3v) is 3.03. The second-order valence-electron chi connectivity index (χ2n) is 3.44. The van der Waals surface area contributed by atoms with E-state index in [0.717, 1.165) is 5.56 Å². The molecule has 1 aromatic carbocycles. The Kier molecular flexibility index (Phi) is 3.47. The second kappa shape index (κ2) is 4.87. The molecular weight excluding hydrogens is 259 g/mol. The van der Waals surface area contributed by atoms with Crippen LogP contribution >= 0.6 is 23.2 Å². The molecular formula is C11H10Cl2N4. The van der Waals surface area contributed by atoms with Crippen LogP contribution in [0.3, 0.4) is 0 Å². The third-order valence-electron chi connectivity index (χ3n) is 2.30. The van der Waals surface area contributed by atoms with Gasteiger partial charge in [0.25, 0.3) is 0 Å². The Morgan fingerprint density at radius 3 is 2.53 bits per heavy atom. The molecule has 0 aliphatic rings. The minimum Gasteiger partial charge on any atom is -0.383 e. The lowest BCUT2D eigenvalue weighted by Crippen LogP contribution is -2.05. The fourth-order valence-corrected chi connectivity index (χ4v) is 1.65. The second-order valence-corrected chi connectivity index (χ2v) is 4.25. The summed E-state index contributed by atoms with van der Waals surface area (Å²) in [5.41, 5.74) is 12.7. The molecule has 0 bridgehead atoms. The molecule has 1 aromatic heterocycles. The highest BCUT2D eigenvalue weighted by Crippen LogP contribution is 2.27. The highest BCUT2D eigenvalue weighted by atomic mass is 35.5. The van der Waals surface area contributed by atoms with Gasteiger partial charge in [0.2, 0.25) is 0 Å². The van der Waals surface area contributed by atoms with Crippen LogP contribution in [0.1, 0.15) is 5.56 Å². The van der Waals surface area contributed by atoms with E-state index in [4.69, 9.17) is 34.7 Å². The van der Waals surface area contributed by atoms with Gasteiger partial charge in [0.1, 0.15) is 5.82 Å². The molecule has 88 valence electrons. The molecule has 0 amide bonds. The summed E-state index contributed by atoms with van der Waals surface area (Å²) < 4.78 is 0. The van der Waals surface area contributed by atoms with Crippen LogP contribution in [0.5, 0.6) is 0 Å². The number of halogens is 2. The van der Waals surface area contributed by atoms with Crippen LogP contribution in [0.15, 0.2) is 24.4 Å². The van der Waals surface area contributed by atoms with Crippen LogP contribution in [0.4, 0.5) is 5.82 Å². The molecule has 0 fully saturated rings. The van der Waals surface area contributed by atoms with Gasteiger partial charge in [0.15, 0.2) is 5.82 Å². The smallest absolute Gasteiger partial charge is 0.161 e. The first kappa shape index (κ1) is 12.1. The number of rotatable bonds is 2. The fourth-order valence-electron chi connectivity index (χ4n) is 1.35. The van der Waals surface area contributed by atoms with Crippen LogP contribution in [0.2, 0.25) is 10.0 Å². The SMILES string of the molecule is NCc1cnc(-c2ccc(Cl)c(Cl)c2)nc1N. The van der Waals surface area contributed by atoms with E-state index in [0.29, 0.717) is 33.8 Å².